The molecule has 3 aromatic rings. The summed E-state index contributed by atoms with van der Waals surface area (Å²) in [5.74, 6) is 0.338. The first-order valence-electron chi connectivity index (χ1n) is 12.5. The highest BCUT2D eigenvalue weighted by atomic mass is 16.1. The van der Waals surface area contributed by atoms with Crippen molar-refractivity contribution in [1.29, 1.82) is 0 Å². The summed E-state index contributed by atoms with van der Waals surface area (Å²) in [7, 11) is 0. The lowest BCUT2D eigenvalue weighted by atomic mass is 9.62. The minimum Gasteiger partial charge on any atom is -0.300 e. The van der Waals surface area contributed by atoms with Gasteiger partial charge in [-0.1, -0.05) is 105 Å². The molecule has 0 spiro atoms. The Hall–Kier alpha value is -3.00. The monoisotopic (exact) mass is 454 g/mol. The molecule has 0 bridgehead atoms. The van der Waals surface area contributed by atoms with Crippen molar-refractivity contribution in [2.75, 3.05) is 0 Å². The number of ketones is 2. The summed E-state index contributed by atoms with van der Waals surface area (Å²) in [4.78, 5) is 25.1. The van der Waals surface area contributed by atoms with Gasteiger partial charge in [-0.25, -0.2) is 0 Å². The lowest BCUT2D eigenvalue weighted by Crippen LogP contribution is -2.35. The van der Waals surface area contributed by atoms with Crippen LogP contribution in [-0.2, 0) is 15.0 Å². The van der Waals surface area contributed by atoms with Gasteiger partial charge in [0.2, 0.25) is 0 Å². The first-order chi connectivity index (χ1) is 16.4. The van der Waals surface area contributed by atoms with Gasteiger partial charge in [0.15, 0.2) is 0 Å². The summed E-state index contributed by atoms with van der Waals surface area (Å²) in [5, 5.41) is 0. The quantitative estimate of drug-likeness (QED) is 0.280. The molecule has 0 saturated heterocycles. The van der Waals surface area contributed by atoms with E-state index in [9.17, 15) is 9.59 Å². The van der Waals surface area contributed by atoms with Crippen LogP contribution in [0.4, 0.5) is 0 Å². The minimum absolute atomic E-state index is 0.130. The highest BCUT2D eigenvalue weighted by Crippen LogP contribution is 2.47. The van der Waals surface area contributed by atoms with Crippen LogP contribution in [0, 0.1) is 11.8 Å². The molecule has 0 N–H and O–H groups in total. The van der Waals surface area contributed by atoms with E-state index < -0.39 is 0 Å². The summed E-state index contributed by atoms with van der Waals surface area (Å²) in [6.07, 6.45) is 3.20. The molecule has 2 nitrogen and oxygen atoms in total. The zero-order chi connectivity index (χ0) is 24.6. The average Bonchev–Trinajstić information content (AvgIpc) is 2.87. The molecule has 0 aliphatic heterocycles. The van der Waals surface area contributed by atoms with Gasteiger partial charge in [-0.05, 0) is 62.1 Å². The highest BCUT2D eigenvalue weighted by Gasteiger charge is 2.40. The second-order valence-electron chi connectivity index (χ2n) is 9.79. The number of carbonyl (C=O) groups is 2. The fourth-order valence-corrected chi connectivity index (χ4v) is 5.29. The summed E-state index contributed by atoms with van der Waals surface area (Å²) in [6, 6.07) is 32.0. The number of hydrogen-bond donors (Lipinski definition) is 0. The smallest absolute Gasteiger partial charge is 0.132 e. The van der Waals surface area contributed by atoms with Gasteiger partial charge < -0.3 is 0 Å². The lowest BCUT2D eigenvalue weighted by Gasteiger charge is -2.41. The Morgan fingerprint density at radius 3 is 1.59 bits per heavy atom. The predicted molar refractivity (Wildman–Crippen MR) is 141 cm³/mol. The molecule has 178 valence electrons. The van der Waals surface area contributed by atoms with Crippen molar-refractivity contribution in [3.63, 3.8) is 0 Å². The van der Waals surface area contributed by atoms with Gasteiger partial charge in [-0.2, -0.15) is 0 Å². The standard InChI is InChI=1S/C32H38O2/c1-5-27(28-15-9-6-10-16-28)22-32(30-17-11-7-12-18-30,31-19-13-8-14-20-31)23-29(26(4)34)21-24(2)25(3)33/h6-20,24,27,29H,5,21-23H2,1-4H3. The third-order valence-corrected chi connectivity index (χ3v) is 7.51. The second-order valence-corrected chi connectivity index (χ2v) is 9.79. The molecule has 0 saturated carbocycles. The Kier molecular flexibility index (Phi) is 8.98. The van der Waals surface area contributed by atoms with Gasteiger partial charge in [-0.3, -0.25) is 9.59 Å². The first kappa shape index (κ1) is 25.6. The van der Waals surface area contributed by atoms with Gasteiger partial charge in [0, 0.05) is 17.3 Å². The van der Waals surface area contributed by atoms with Crippen LogP contribution < -0.4 is 0 Å². The fraction of sp³-hybridized carbons (Fsp3) is 0.375. The molecular weight excluding hydrogens is 416 g/mol. The minimum atomic E-state index is -0.341. The number of carbonyl (C=O) groups excluding carboxylic acids is 2. The van der Waals surface area contributed by atoms with Crippen LogP contribution in [-0.4, -0.2) is 11.6 Å². The van der Waals surface area contributed by atoms with Crippen molar-refractivity contribution in [2.45, 2.75) is 64.7 Å². The maximum Gasteiger partial charge on any atom is 0.132 e. The van der Waals surface area contributed by atoms with Gasteiger partial charge in [-0.15, -0.1) is 0 Å². The zero-order valence-electron chi connectivity index (χ0n) is 21.0. The van der Waals surface area contributed by atoms with Crippen molar-refractivity contribution in [3.8, 4) is 0 Å². The summed E-state index contributed by atoms with van der Waals surface area (Å²) >= 11 is 0. The fourth-order valence-electron chi connectivity index (χ4n) is 5.29. The van der Waals surface area contributed by atoms with E-state index in [0.29, 0.717) is 18.8 Å². The third kappa shape index (κ3) is 6.11. The summed E-state index contributed by atoms with van der Waals surface area (Å²) < 4.78 is 0. The number of Topliss-reactive ketones (excluding diaryl/α,β-unsaturated/α-hetero) is 2. The Morgan fingerprint density at radius 1 is 0.706 bits per heavy atom. The molecular formula is C32H38O2. The van der Waals surface area contributed by atoms with Crippen LogP contribution in [0.5, 0.6) is 0 Å². The number of benzene rings is 3. The molecule has 3 rings (SSSR count). The maximum absolute atomic E-state index is 13.0. The lowest BCUT2D eigenvalue weighted by molar-refractivity contribution is -0.124. The normalized spacial score (nSPS) is 14.2. The van der Waals surface area contributed by atoms with E-state index in [-0.39, 0.29) is 28.8 Å². The van der Waals surface area contributed by atoms with Crippen molar-refractivity contribution in [3.05, 3.63) is 108 Å². The van der Waals surface area contributed by atoms with Crippen molar-refractivity contribution < 1.29 is 9.59 Å². The Morgan fingerprint density at radius 2 is 1.18 bits per heavy atom. The van der Waals surface area contributed by atoms with Crippen LogP contribution in [0.1, 0.15) is 76.0 Å². The van der Waals surface area contributed by atoms with E-state index in [1.54, 1.807) is 13.8 Å². The molecule has 0 aromatic heterocycles. The highest BCUT2D eigenvalue weighted by molar-refractivity contribution is 5.81. The first-order valence-corrected chi connectivity index (χ1v) is 12.5. The van der Waals surface area contributed by atoms with Gasteiger partial charge in [0.05, 0.1) is 0 Å². The summed E-state index contributed by atoms with van der Waals surface area (Å²) in [6.45, 7) is 7.52. The largest absolute Gasteiger partial charge is 0.300 e. The van der Waals surface area contributed by atoms with E-state index in [0.717, 1.165) is 12.8 Å². The van der Waals surface area contributed by atoms with Crippen LogP contribution >= 0.6 is 0 Å². The van der Waals surface area contributed by atoms with E-state index in [1.165, 1.54) is 16.7 Å². The van der Waals surface area contributed by atoms with Gasteiger partial charge in [0.1, 0.15) is 11.6 Å². The molecule has 0 heterocycles. The van der Waals surface area contributed by atoms with Crippen LogP contribution in [0.3, 0.4) is 0 Å². The van der Waals surface area contributed by atoms with Crippen molar-refractivity contribution in [2.24, 2.45) is 11.8 Å². The topological polar surface area (TPSA) is 34.1 Å². The average molecular weight is 455 g/mol. The maximum atomic E-state index is 13.0. The molecule has 0 fully saturated rings. The molecule has 0 amide bonds. The van der Waals surface area contributed by atoms with E-state index in [1.807, 2.05) is 19.1 Å². The third-order valence-electron chi connectivity index (χ3n) is 7.51. The second kappa shape index (κ2) is 11.9. The molecule has 3 unspecified atom stereocenters. The molecule has 3 aromatic carbocycles. The van der Waals surface area contributed by atoms with Gasteiger partial charge in [0.25, 0.3) is 0 Å². The van der Waals surface area contributed by atoms with E-state index in [4.69, 9.17) is 0 Å². The molecule has 0 aliphatic carbocycles. The van der Waals surface area contributed by atoms with Crippen LogP contribution in [0.25, 0.3) is 0 Å². The van der Waals surface area contributed by atoms with Gasteiger partial charge >= 0.3 is 0 Å². The Bertz CT molecular complexity index is 1000. The van der Waals surface area contributed by atoms with Crippen LogP contribution in [0.2, 0.25) is 0 Å². The SMILES string of the molecule is CCC(CC(CC(CC(C)C(C)=O)C(C)=O)(c1ccccc1)c1ccccc1)c1ccccc1. The number of hydrogen-bond acceptors (Lipinski definition) is 2. The molecule has 3 atom stereocenters. The summed E-state index contributed by atoms with van der Waals surface area (Å²) in [5.41, 5.74) is 3.46. The van der Waals surface area contributed by atoms with E-state index in [2.05, 4.69) is 85.8 Å². The predicted octanol–water partition coefficient (Wildman–Crippen LogP) is 7.77. The molecule has 34 heavy (non-hydrogen) atoms. The van der Waals surface area contributed by atoms with Crippen molar-refractivity contribution in [1.82, 2.24) is 0 Å². The van der Waals surface area contributed by atoms with Crippen LogP contribution in [0.15, 0.2) is 91.0 Å². The van der Waals surface area contributed by atoms with E-state index >= 15 is 0 Å². The Balaban J connectivity index is 2.17. The Labute approximate surface area is 205 Å². The van der Waals surface area contributed by atoms with Crippen molar-refractivity contribution >= 4 is 11.6 Å². The molecule has 0 aliphatic rings. The molecule has 0 radical (unpaired) electrons. The number of rotatable bonds is 12. The molecule has 2 heteroatoms. The zero-order valence-corrected chi connectivity index (χ0v) is 21.0.